The van der Waals surface area contributed by atoms with Gasteiger partial charge < -0.3 is 10.4 Å². The van der Waals surface area contributed by atoms with E-state index in [1.54, 1.807) is 17.4 Å². The maximum absolute atomic E-state index is 11.8. The van der Waals surface area contributed by atoms with Crippen LogP contribution >= 0.6 is 22.7 Å². The number of thiophene rings is 2. The highest BCUT2D eigenvalue weighted by molar-refractivity contribution is 7.12. The van der Waals surface area contributed by atoms with Gasteiger partial charge in [-0.15, -0.1) is 22.7 Å². The summed E-state index contributed by atoms with van der Waals surface area (Å²) in [6.45, 7) is 0.555. The molecular weight excluding hydrogens is 278 g/mol. The molecule has 5 heteroatoms. The zero-order chi connectivity index (χ0) is 13.5. The quantitative estimate of drug-likeness (QED) is 0.850. The van der Waals surface area contributed by atoms with Crippen molar-refractivity contribution in [3.8, 4) is 11.8 Å². The van der Waals surface area contributed by atoms with Crippen LogP contribution in [0.5, 0.6) is 0 Å². The lowest BCUT2D eigenvalue weighted by molar-refractivity contribution is 0.0955. The Bertz CT molecular complexity index is 590. The Kier molecular flexibility index (Phi) is 5.16. The second-order valence-electron chi connectivity index (χ2n) is 3.69. The molecule has 0 aliphatic carbocycles. The first kappa shape index (κ1) is 13.8. The van der Waals surface area contributed by atoms with E-state index in [2.05, 4.69) is 17.2 Å². The summed E-state index contributed by atoms with van der Waals surface area (Å²) in [5.74, 6) is 5.84. The van der Waals surface area contributed by atoms with Gasteiger partial charge in [0.1, 0.15) is 0 Å². The summed E-state index contributed by atoms with van der Waals surface area (Å²) in [4.78, 5) is 13.6. The summed E-state index contributed by atoms with van der Waals surface area (Å²) in [7, 11) is 0. The summed E-state index contributed by atoms with van der Waals surface area (Å²) in [6, 6.07) is 5.59. The molecule has 2 N–H and O–H groups in total. The predicted molar refractivity (Wildman–Crippen MR) is 78.4 cm³/mol. The average molecular weight is 291 g/mol. The molecule has 0 unspecified atom stereocenters. The standard InChI is InChI=1S/C14H13NO2S2/c16-7-2-1-4-11-6-9-19-13(11)10-15-14(17)12-5-3-8-18-12/h3,5-6,8-9,16H,2,7,10H2,(H,15,17). The minimum absolute atomic E-state index is 0.0577. The van der Waals surface area contributed by atoms with Crippen LogP contribution in [0.25, 0.3) is 0 Å². The van der Waals surface area contributed by atoms with E-state index >= 15 is 0 Å². The Morgan fingerprint density at radius 1 is 1.32 bits per heavy atom. The maximum atomic E-state index is 11.8. The van der Waals surface area contributed by atoms with Crippen LogP contribution in [0, 0.1) is 11.8 Å². The van der Waals surface area contributed by atoms with Crippen LogP contribution in [-0.4, -0.2) is 17.6 Å². The van der Waals surface area contributed by atoms with Gasteiger partial charge in [-0.25, -0.2) is 0 Å². The van der Waals surface area contributed by atoms with Crippen molar-refractivity contribution < 1.29 is 9.90 Å². The largest absolute Gasteiger partial charge is 0.395 e. The molecule has 0 aliphatic heterocycles. The van der Waals surface area contributed by atoms with E-state index in [-0.39, 0.29) is 12.5 Å². The average Bonchev–Trinajstić information content (AvgIpc) is 3.08. The smallest absolute Gasteiger partial charge is 0.261 e. The molecule has 98 valence electrons. The van der Waals surface area contributed by atoms with Crippen molar-refractivity contribution in [3.05, 3.63) is 44.3 Å². The highest BCUT2D eigenvalue weighted by atomic mass is 32.1. The lowest BCUT2D eigenvalue weighted by Crippen LogP contribution is -2.21. The minimum Gasteiger partial charge on any atom is -0.395 e. The van der Waals surface area contributed by atoms with Gasteiger partial charge in [0.05, 0.1) is 18.0 Å². The first-order valence-electron chi connectivity index (χ1n) is 5.79. The fraction of sp³-hybridized carbons (Fsp3) is 0.214. The SMILES string of the molecule is O=C(NCc1sccc1C#CCCO)c1cccs1. The van der Waals surface area contributed by atoms with Crippen molar-refractivity contribution in [2.45, 2.75) is 13.0 Å². The Morgan fingerprint density at radius 2 is 2.21 bits per heavy atom. The van der Waals surface area contributed by atoms with E-state index in [4.69, 9.17) is 5.11 Å². The number of carbonyl (C=O) groups excluding carboxylic acids is 1. The molecule has 1 amide bonds. The molecule has 2 rings (SSSR count). The number of amides is 1. The van der Waals surface area contributed by atoms with Crippen LogP contribution in [0.1, 0.15) is 26.5 Å². The Hall–Kier alpha value is -1.61. The molecule has 19 heavy (non-hydrogen) atoms. The first-order chi connectivity index (χ1) is 9.31. The Labute approximate surface area is 119 Å². The van der Waals surface area contributed by atoms with Crippen molar-refractivity contribution in [2.24, 2.45) is 0 Å². The summed E-state index contributed by atoms with van der Waals surface area (Å²) < 4.78 is 0. The number of carbonyl (C=O) groups is 1. The lowest BCUT2D eigenvalue weighted by Gasteiger charge is -2.02. The van der Waals surface area contributed by atoms with E-state index in [1.165, 1.54) is 11.3 Å². The maximum Gasteiger partial charge on any atom is 0.261 e. The molecule has 0 aliphatic rings. The summed E-state index contributed by atoms with van der Waals surface area (Å²) in [5.41, 5.74) is 0.921. The van der Waals surface area contributed by atoms with Crippen molar-refractivity contribution in [2.75, 3.05) is 6.61 Å². The van der Waals surface area contributed by atoms with E-state index in [1.807, 2.05) is 22.9 Å². The van der Waals surface area contributed by atoms with E-state index in [0.717, 1.165) is 10.4 Å². The van der Waals surface area contributed by atoms with Crippen LogP contribution < -0.4 is 5.32 Å². The highest BCUT2D eigenvalue weighted by Gasteiger charge is 2.08. The molecule has 0 radical (unpaired) electrons. The molecule has 2 aromatic rings. The molecule has 2 aromatic heterocycles. The summed E-state index contributed by atoms with van der Waals surface area (Å²) in [6.07, 6.45) is 0.469. The topological polar surface area (TPSA) is 49.3 Å². The molecule has 0 spiro atoms. The molecule has 0 fully saturated rings. The number of rotatable bonds is 4. The number of aliphatic hydroxyl groups excluding tert-OH is 1. The second-order valence-corrected chi connectivity index (χ2v) is 5.64. The fourth-order valence-corrected chi connectivity index (χ4v) is 2.87. The minimum atomic E-state index is -0.0577. The van der Waals surface area contributed by atoms with Gasteiger partial charge in [0.25, 0.3) is 5.91 Å². The molecule has 0 aromatic carbocycles. The van der Waals surface area contributed by atoms with Gasteiger partial charge in [-0.2, -0.15) is 0 Å². The molecule has 0 saturated heterocycles. The van der Waals surface area contributed by atoms with Gasteiger partial charge in [-0.05, 0) is 22.9 Å². The molecule has 0 atom stereocenters. The summed E-state index contributed by atoms with van der Waals surface area (Å²) in [5, 5.41) is 15.4. The van der Waals surface area contributed by atoms with E-state index < -0.39 is 0 Å². The predicted octanol–water partition coefficient (Wildman–Crippen LogP) is 2.47. The normalized spacial score (nSPS) is 9.74. The van der Waals surface area contributed by atoms with Crippen molar-refractivity contribution in [1.82, 2.24) is 5.32 Å². The number of aliphatic hydroxyl groups is 1. The van der Waals surface area contributed by atoms with Crippen molar-refractivity contribution in [1.29, 1.82) is 0 Å². The van der Waals surface area contributed by atoms with Gasteiger partial charge in [0.2, 0.25) is 0 Å². The van der Waals surface area contributed by atoms with Crippen molar-refractivity contribution in [3.63, 3.8) is 0 Å². The third kappa shape index (κ3) is 3.93. The van der Waals surface area contributed by atoms with E-state index in [0.29, 0.717) is 17.8 Å². The Balaban J connectivity index is 1.95. The van der Waals surface area contributed by atoms with Gasteiger partial charge >= 0.3 is 0 Å². The van der Waals surface area contributed by atoms with Crippen LogP contribution in [0.3, 0.4) is 0 Å². The summed E-state index contributed by atoms with van der Waals surface area (Å²) >= 11 is 3.00. The van der Waals surface area contributed by atoms with Crippen molar-refractivity contribution >= 4 is 28.6 Å². The highest BCUT2D eigenvalue weighted by Crippen LogP contribution is 2.16. The number of nitrogens with one attached hydrogen (secondary N) is 1. The molecule has 2 heterocycles. The second kappa shape index (κ2) is 7.10. The third-order valence-electron chi connectivity index (χ3n) is 2.36. The Morgan fingerprint density at radius 3 is 2.95 bits per heavy atom. The van der Waals surface area contributed by atoms with Crippen LogP contribution in [-0.2, 0) is 6.54 Å². The lowest BCUT2D eigenvalue weighted by atomic mass is 10.2. The number of hydrogen-bond acceptors (Lipinski definition) is 4. The molecule has 0 saturated carbocycles. The van der Waals surface area contributed by atoms with Gasteiger partial charge in [0.15, 0.2) is 0 Å². The van der Waals surface area contributed by atoms with Crippen LogP contribution in [0.4, 0.5) is 0 Å². The first-order valence-corrected chi connectivity index (χ1v) is 7.55. The van der Waals surface area contributed by atoms with Crippen LogP contribution in [0.2, 0.25) is 0 Å². The van der Waals surface area contributed by atoms with Gasteiger partial charge in [-0.1, -0.05) is 17.9 Å². The van der Waals surface area contributed by atoms with Gasteiger partial charge in [0, 0.05) is 16.9 Å². The van der Waals surface area contributed by atoms with Gasteiger partial charge in [-0.3, -0.25) is 4.79 Å². The zero-order valence-electron chi connectivity index (χ0n) is 10.2. The zero-order valence-corrected chi connectivity index (χ0v) is 11.8. The monoisotopic (exact) mass is 291 g/mol. The number of hydrogen-bond donors (Lipinski definition) is 2. The van der Waals surface area contributed by atoms with Crippen LogP contribution in [0.15, 0.2) is 29.0 Å². The fourth-order valence-electron chi connectivity index (χ4n) is 1.46. The van der Waals surface area contributed by atoms with E-state index in [9.17, 15) is 4.79 Å². The molecule has 0 bridgehead atoms. The molecular formula is C14H13NO2S2. The third-order valence-corrected chi connectivity index (χ3v) is 4.15. The molecule has 3 nitrogen and oxygen atoms in total.